The summed E-state index contributed by atoms with van der Waals surface area (Å²) in [5.74, 6) is 0. The molecule has 0 bridgehead atoms. The van der Waals surface area contributed by atoms with E-state index in [1.54, 1.807) is 0 Å². The summed E-state index contributed by atoms with van der Waals surface area (Å²) in [6, 6.07) is 8.33. The third-order valence-corrected chi connectivity index (χ3v) is 3.13. The lowest BCUT2D eigenvalue weighted by Gasteiger charge is -2.00. The Balaban J connectivity index is 2.19. The van der Waals surface area contributed by atoms with Crippen LogP contribution in [0.3, 0.4) is 0 Å². The first-order valence-electron chi connectivity index (χ1n) is 6.03. The second-order valence-electron chi connectivity index (χ2n) is 4.44. The minimum absolute atomic E-state index is 0.773. The molecule has 3 rings (SSSR count). The van der Waals surface area contributed by atoms with Gasteiger partial charge in [0.05, 0.1) is 5.69 Å². The van der Waals surface area contributed by atoms with E-state index in [1.165, 1.54) is 16.5 Å². The van der Waals surface area contributed by atoms with E-state index in [-0.39, 0.29) is 0 Å². The van der Waals surface area contributed by atoms with Gasteiger partial charge < -0.3 is 10.3 Å². The molecule has 18 heavy (non-hydrogen) atoms. The van der Waals surface area contributed by atoms with Crippen LogP contribution in [0.25, 0.3) is 22.0 Å². The molecule has 0 spiro atoms. The van der Waals surface area contributed by atoms with Gasteiger partial charge in [-0.2, -0.15) is 5.10 Å². The lowest BCUT2D eigenvalue weighted by atomic mass is 10.1. The number of para-hydroxylation sites is 1. The van der Waals surface area contributed by atoms with E-state index in [9.17, 15) is 0 Å². The smallest absolute Gasteiger partial charge is 0.0841 e. The van der Waals surface area contributed by atoms with Crippen molar-refractivity contribution in [1.29, 1.82) is 0 Å². The maximum absolute atomic E-state index is 4.50. The molecule has 0 radical (unpaired) electrons. The molecular formula is C14H16N4. The van der Waals surface area contributed by atoms with Crippen LogP contribution < -0.4 is 5.32 Å². The molecule has 0 aliphatic carbocycles. The van der Waals surface area contributed by atoms with Crippen LogP contribution in [0.5, 0.6) is 0 Å². The highest BCUT2D eigenvalue weighted by atomic mass is 15.3. The highest BCUT2D eigenvalue weighted by Crippen LogP contribution is 2.30. The first-order valence-corrected chi connectivity index (χ1v) is 6.03. The largest absolute Gasteiger partial charge is 0.361 e. The van der Waals surface area contributed by atoms with Crippen LogP contribution in [-0.4, -0.2) is 21.8 Å². The van der Waals surface area contributed by atoms with E-state index >= 15 is 0 Å². The number of fused-ring (bicyclic) bond motifs is 1. The summed E-state index contributed by atoms with van der Waals surface area (Å²) in [4.78, 5) is 3.31. The second-order valence-corrected chi connectivity index (χ2v) is 4.44. The Kier molecular flexibility index (Phi) is 2.64. The van der Waals surface area contributed by atoms with Gasteiger partial charge in [0.25, 0.3) is 0 Å². The molecule has 92 valence electrons. The van der Waals surface area contributed by atoms with Crippen molar-refractivity contribution in [3.63, 3.8) is 0 Å². The number of rotatable bonds is 3. The summed E-state index contributed by atoms with van der Waals surface area (Å²) in [5.41, 5.74) is 4.63. The summed E-state index contributed by atoms with van der Waals surface area (Å²) in [5, 5.41) is 8.90. The zero-order chi connectivity index (χ0) is 12.5. The molecule has 2 aromatic heterocycles. The number of aromatic nitrogens is 3. The molecule has 0 saturated heterocycles. The van der Waals surface area contributed by atoms with Crippen LogP contribution >= 0.6 is 0 Å². The molecular weight excluding hydrogens is 224 g/mol. The fraction of sp³-hybridized carbons (Fsp3) is 0.214. The Bertz CT molecular complexity index is 678. The van der Waals surface area contributed by atoms with Crippen molar-refractivity contribution < 1.29 is 0 Å². The van der Waals surface area contributed by atoms with Crippen LogP contribution in [0, 0.1) is 0 Å². The van der Waals surface area contributed by atoms with Gasteiger partial charge in [0.2, 0.25) is 0 Å². The predicted molar refractivity (Wildman–Crippen MR) is 73.3 cm³/mol. The Hall–Kier alpha value is -2.07. The van der Waals surface area contributed by atoms with E-state index in [2.05, 4.69) is 46.0 Å². The summed E-state index contributed by atoms with van der Waals surface area (Å²) in [6.07, 6.45) is 4.13. The number of H-pyrrole nitrogens is 1. The van der Waals surface area contributed by atoms with Gasteiger partial charge in [-0.25, -0.2) is 0 Å². The van der Waals surface area contributed by atoms with Crippen molar-refractivity contribution in [3.05, 3.63) is 42.4 Å². The number of nitrogens with zero attached hydrogens (tertiary/aromatic N) is 2. The fourth-order valence-corrected chi connectivity index (χ4v) is 2.35. The predicted octanol–water partition coefficient (Wildman–Crippen LogP) is 2.29. The minimum Gasteiger partial charge on any atom is -0.361 e. The Labute approximate surface area is 106 Å². The van der Waals surface area contributed by atoms with E-state index in [0.717, 1.165) is 17.8 Å². The first-order chi connectivity index (χ1) is 8.79. The van der Waals surface area contributed by atoms with Crippen LogP contribution in [0.1, 0.15) is 5.69 Å². The molecule has 0 saturated carbocycles. The molecule has 4 nitrogen and oxygen atoms in total. The Morgan fingerprint density at radius 1 is 1.28 bits per heavy atom. The molecule has 0 aliphatic rings. The highest BCUT2D eigenvalue weighted by Gasteiger charge is 2.12. The van der Waals surface area contributed by atoms with Gasteiger partial charge in [0.1, 0.15) is 0 Å². The normalized spacial score (nSPS) is 11.2. The van der Waals surface area contributed by atoms with Gasteiger partial charge in [0, 0.05) is 48.0 Å². The molecule has 2 N–H and O–H groups in total. The molecule has 3 aromatic rings. The van der Waals surface area contributed by atoms with Crippen molar-refractivity contribution in [2.75, 3.05) is 7.05 Å². The monoisotopic (exact) mass is 240 g/mol. The van der Waals surface area contributed by atoms with Crippen molar-refractivity contribution >= 4 is 10.9 Å². The quantitative estimate of drug-likeness (QED) is 0.737. The van der Waals surface area contributed by atoms with Gasteiger partial charge in [0.15, 0.2) is 0 Å². The van der Waals surface area contributed by atoms with Crippen LogP contribution in [0.2, 0.25) is 0 Å². The van der Waals surface area contributed by atoms with Gasteiger partial charge >= 0.3 is 0 Å². The van der Waals surface area contributed by atoms with Crippen LogP contribution in [0.4, 0.5) is 0 Å². The second kappa shape index (κ2) is 4.31. The van der Waals surface area contributed by atoms with Crippen molar-refractivity contribution in [2.45, 2.75) is 6.54 Å². The SMILES string of the molecule is CNCc1nn(C)cc1-c1c[nH]c2ccccc12. The Morgan fingerprint density at radius 2 is 2.11 bits per heavy atom. The molecule has 0 unspecified atom stereocenters. The average Bonchev–Trinajstić information content (AvgIpc) is 2.93. The standard InChI is InChI=1S/C14H16N4/c1-15-8-14-12(9-18(2)17-14)11-7-16-13-6-4-3-5-10(11)13/h3-7,9,15-16H,8H2,1-2H3. The fourth-order valence-electron chi connectivity index (χ4n) is 2.35. The third kappa shape index (κ3) is 1.71. The number of hydrogen-bond acceptors (Lipinski definition) is 2. The summed E-state index contributed by atoms with van der Waals surface area (Å²) >= 11 is 0. The number of aryl methyl sites for hydroxylation is 1. The molecule has 0 fully saturated rings. The zero-order valence-electron chi connectivity index (χ0n) is 10.6. The van der Waals surface area contributed by atoms with Crippen molar-refractivity contribution in [2.24, 2.45) is 7.05 Å². The van der Waals surface area contributed by atoms with E-state index in [1.807, 2.05) is 24.8 Å². The number of aromatic amines is 1. The summed E-state index contributed by atoms with van der Waals surface area (Å²) in [6.45, 7) is 0.773. The van der Waals surface area contributed by atoms with Gasteiger partial charge in [-0.3, -0.25) is 4.68 Å². The van der Waals surface area contributed by atoms with E-state index in [4.69, 9.17) is 0 Å². The lowest BCUT2D eigenvalue weighted by molar-refractivity contribution is 0.712. The Morgan fingerprint density at radius 3 is 2.94 bits per heavy atom. The maximum atomic E-state index is 4.50. The molecule has 0 aliphatic heterocycles. The van der Waals surface area contributed by atoms with Gasteiger partial charge in [-0.05, 0) is 13.1 Å². The van der Waals surface area contributed by atoms with Crippen LogP contribution in [0.15, 0.2) is 36.7 Å². The third-order valence-electron chi connectivity index (χ3n) is 3.13. The highest BCUT2D eigenvalue weighted by molar-refractivity contribution is 5.95. The topological polar surface area (TPSA) is 45.6 Å². The summed E-state index contributed by atoms with van der Waals surface area (Å²) < 4.78 is 1.86. The number of benzene rings is 1. The van der Waals surface area contributed by atoms with Crippen LogP contribution in [-0.2, 0) is 13.6 Å². The summed E-state index contributed by atoms with van der Waals surface area (Å²) in [7, 11) is 3.89. The number of nitrogens with one attached hydrogen (secondary N) is 2. The average molecular weight is 240 g/mol. The first kappa shape index (κ1) is 11.0. The molecule has 0 amide bonds. The minimum atomic E-state index is 0.773. The van der Waals surface area contributed by atoms with E-state index < -0.39 is 0 Å². The molecule has 2 heterocycles. The molecule has 1 aromatic carbocycles. The lowest BCUT2D eigenvalue weighted by Crippen LogP contribution is -2.07. The van der Waals surface area contributed by atoms with E-state index in [0.29, 0.717) is 0 Å². The van der Waals surface area contributed by atoms with Crippen molar-refractivity contribution in [1.82, 2.24) is 20.1 Å². The van der Waals surface area contributed by atoms with Gasteiger partial charge in [-0.15, -0.1) is 0 Å². The van der Waals surface area contributed by atoms with Crippen molar-refractivity contribution in [3.8, 4) is 11.1 Å². The van der Waals surface area contributed by atoms with Gasteiger partial charge in [-0.1, -0.05) is 18.2 Å². The number of hydrogen-bond donors (Lipinski definition) is 2. The maximum Gasteiger partial charge on any atom is 0.0841 e. The zero-order valence-corrected chi connectivity index (χ0v) is 10.6. The molecule has 0 atom stereocenters. The molecule has 4 heteroatoms.